The van der Waals surface area contributed by atoms with Crippen LogP contribution >= 0.6 is 0 Å². The summed E-state index contributed by atoms with van der Waals surface area (Å²) in [4.78, 5) is 18.5. The lowest BCUT2D eigenvalue weighted by molar-refractivity contribution is -0.302. The van der Waals surface area contributed by atoms with Crippen LogP contribution in [-0.2, 0) is 51.3 Å². The second kappa shape index (κ2) is 25.7. The standard InChI is InChI=1S/C52H88F2N6O13S/c1-14-42-52(10,66)45(62)34(6)59(12)28-30(2)25-50(8,65)47(32(4)43(33(5)48(64)72-42)41-26-51(9,69-13)46(63)35(7)71-41)73-49-44(61)40(23-31(3)70-49)58(11)22-19-37-29-60(57-56-37)38(27-54)24-36-15-17-39(18-16-36)74(67,68)55-21-20-53/h15-18,29-35,38,40-47,49,55,61-63,65-66H,14,19-28H2,1-13H3/t30-,31-,32+,33-,34-,35+,38+,40+,41?,42-,43+,44-,45-,46+,47-,49+,50-,51-,52-/m1/s1. The van der Waals surface area contributed by atoms with Crippen molar-refractivity contribution < 1.29 is 71.2 Å². The van der Waals surface area contributed by atoms with Gasteiger partial charge < -0.3 is 59.0 Å². The molecule has 1 aromatic carbocycles. The van der Waals surface area contributed by atoms with Crippen LogP contribution in [0.2, 0.25) is 0 Å². The zero-order valence-electron chi connectivity index (χ0n) is 45.8. The highest BCUT2D eigenvalue weighted by molar-refractivity contribution is 7.89. The van der Waals surface area contributed by atoms with Crippen molar-refractivity contribution in [3.63, 3.8) is 0 Å². The molecule has 1 aromatic heterocycles. The molecule has 3 saturated heterocycles. The van der Waals surface area contributed by atoms with Crippen LogP contribution in [0.4, 0.5) is 8.78 Å². The van der Waals surface area contributed by atoms with E-state index in [-0.39, 0.29) is 43.0 Å². The van der Waals surface area contributed by atoms with Crippen molar-refractivity contribution in [1.29, 1.82) is 0 Å². The van der Waals surface area contributed by atoms with Crippen LogP contribution in [0, 0.1) is 23.7 Å². The minimum Gasteiger partial charge on any atom is -0.459 e. The Morgan fingerprint density at radius 1 is 1.00 bits per heavy atom. The van der Waals surface area contributed by atoms with Crippen LogP contribution in [0.15, 0.2) is 35.4 Å². The van der Waals surface area contributed by atoms with Crippen molar-refractivity contribution in [1.82, 2.24) is 29.5 Å². The van der Waals surface area contributed by atoms with Crippen LogP contribution in [0.3, 0.4) is 0 Å². The van der Waals surface area contributed by atoms with E-state index < -0.39 is 137 Å². The molecule has 424 valence electrons. The second-order valence-electron chi connectivity index (χ2n) is 22.5. The van der Waals surface area contributed by atoms with Gasteiger partial charge in [-0.2, -0.15) is 0 Å². The number of sulfonamides is 1. The Labute approximate surface area is 437 Å². The quantitative estimate of drug-likeness (QED) is 0.124. The van der Waals surface area contributed by atoms with Crippen LogP contribution in [-0.4, -0.2) is 203 Å². The lowest BCUT2D eigenvalue weighted by Gasteiger charge is -2.51. The molecular formula is C52H88F2N6O13S. The molecule has 0 saturated carbocycles. The van der Waals surface area contributed by atoms with E-state index in [0.717, 1.165) is 0 Å². The zero-order valence-corrected chi connectivity index (χ0v) is 46.6. The van der Waals surface area contributed by atoms with Crippen LogP contribution in [0.1, 0.15) is 112 Å². The molecule has 19 atom stereocenters. The number of carbonyl (C=O) groups excluding carboxylic acids is 1. The maximum atomic E-state index is 14.6. The third kappa shape index (κ3) is 14.4. The number of hydrogen-bond acceptors (Lipinski definition) is 17. The molecule has 0 aliphatic carbocycles. The van der Waals surface area contributed by atoms with E-state index in [1.165, 1.54) is 30.8 Å². The number of aliphatic hydroxyl groups excluding tert-OH is 3. The summed E-state index contributed by atoms with van der Waals surface area (Å²) in [5.41, 5.74) is -3.33. The van der Waals surface area contributed by atoms with Gasteiger partial charge in [0.05, 0.1) is 58.2 Å². The number of cyclic esters (lactones) is 1. The number of likely N-dealkylation sites (N-methyl/N-ethyl adjacent to an activating group) is 2. The third-order valence-corrected chi connectivity index (χ3v) is 17.9. The number of nitrogens with zero attached hydrogens (tertiary/aromatic N) is 5. The van der Waals surface area contributed by atoms with Gasteiger partial charge in [0.2, 0.25) is 10.0 Å². The van der Waals surface area contributed by atoms with Crippen LogP contribution < -0.4 is 4.72 Å². The highest BCUT2D eigenvalue weighted by Gasteiger charge is 2.55. The number of alkyl halides is 2. The summed E-state index contributed by atoms with van der Waals surface area (Å²) in [5.74, 6) is -3.35. The van der Waals surface area contributed by atoms with E-state index in [1.807, 2.05) is 44.7 Å². The van der Waals surface area contributed by atoms with E-state index in [1.54, 1.807) is 59.9 Å². The number of benzene rings is 1. The average molecular weight is 1080 g/mol. The number of halogens is 2. The molecule has 74 heavy (non-hydrogen) atoms. The lowest BCUT2D eigenvalue weighted by Crippen LogP contribution is -2.62. The van der Waals surface area contributed by atoms with Gasteiger partial charge in [-0.1, -0.05) is 45.0 Å². The predicted octanol–water partition coefficient (Wildman–Crippen LogP) is 3.38. The lowest BCUT2D eigenvalue weighted by atomic mass is 9.68. The molecule has 3 aliphatic rings. The molecule has 0 spiro atoms. The monoisotopic (exact) mass is 1070 g/mol. The summed E-state index contributed by atoms with van der Waals surface area (Å²) in [6, 6.07) is 4.10. The molecule has 19 nitrogen and oxygen atoms in total. The number of aliphatic hydroxyl groups is 5. The first kappa shape index (κ1) is 62.0. The Bertz CT molecular complexity index is 2200. The summed E-state index contributed by atoms with van der Waals surface area (Å²) in [6.07, 6.45) is -5.75. The van der Waals surface area contributed by atoms with Crippen molar-refractivity contribution in [3.8, 4) is 0 Å². The molecule has 2 aromatic rings. The van der Waals surface area contributed by atoms with Gasteiger partial charge in [0.25, 0.3) is 0 Å². The number of rotatable bonds is 17. The molecule has 3 fully saturated rings. The number of ether oxygens (including phenoxy) is 5. The molecular weight excluding hydrogens is 987 g/mol. The number of methoxy groups -OCH3 is 1. The maximum Gasteiger partial charge on any atom is 0.309 e. The van der Waals surface area contributed by atoms with Crippen molar-refractivity contribution in [2.75, 3.05) is 54.2 Å². The van der Waals surface area contributed by atoms with Crippen LogP contribution in [0.25, 0.3) is 0 Å². The highest BCUT2D eigenvalue weighted by Crippen LogP contribution is 2.45. The van der Waals surface area contributed by atoms with E-state index >= 15 is 0 Å². The van der Waals surface area contributed by atoms with E-state index in [9.17, 15) is 47.5 Å². The zero-order chi connectivity index (χ0) is 55.2. The third-order valence-electron chi connectivity index (χ3n) is 16.4. The summed E-state index contributed by atoms with van der Waals surface area (Å²) in [5, 5.41) is 68.6. The number of hydrogen-bond donors (Lipinski definition) is 6. The van der Waals surface area contributed by atoms with Gasteiger partial charge in [-0.3, -0.25) is 4.79 Å². The molecule has 0 bridgehead atoms. The van der Waals surface area contributed by atoms with Crippen molar-refractivity contribution >= 4 is 16.0 Å². The van der Waals surface area contributed by atoms with Gasteiger partial charge in [-0.15, -0.1) is 5.10 Å². The number of nitrogens with one attached hydrogen (secondary N) is 1. The van der Waals surface area contributed by atoms with E-state index in [0.29, 0.717) is 37.2 Å². The first-order valence-corrected chi connectivity index (χ1v) is 27.8. The van der Waals surface area contributed by atoms with E-state index in [2.05, 4.69) is 15.0 Å². The molecule has 4 heterocycles. The van der Waals surface area contributed by atoms with Gasteiger partial charge in [-0.05, 0) is 111 Å². The number of esters is 1. The summed E-state index contributed by atoms with van der Waals surface area (Å²) in [7, 11) is 1.31. The molecule has 0 radical (unpaired) electrons. The molecule has 3 aliphatic heterocycles. The number of carbonyl (C=O) groups is 1. The fourth-order valence-electron chi connectivity index (χ4n) is 11.8. The average Bonchev–Trinajstić information content (AvgIpc) is 3.82. The first-order valence-electron chi connectivity index (χ1n) is 26.3. The Morgan fingerprint density at radius 3 is 2.27 bits per heavy atom. The van der Waals surface area contributed by atoms with Crippen molar-refractivity contribution in [3.05, 3.63) is 41.7 Å². The Balaban J connectivity index is 1.42. The maximum absolute atomic E-state index is 14.6. The van der Waals surface area contributed by atoms with Gasteiger partial charge >= 0.3 is 5.97 Å². The summed E-state index contributed by atoms with van der Waals surface area (Å²) >= 11 is 0. The largest absolute Gasteiger partial charge is 0.459 e. The minimum absolute atomic E-state index is 0.0316. The SMILES string of the molecule is CC[C@H]1OC(=O)[C@H](C)[C@@H](C2C[C@@](C)(OC)[C@@H](O)[C@H](C)O2)[C@H](C)[C@@H](O[C@@H]2O[C@H](C)C[C@H](N(C)CCc3cn([C@H](CF)Cc4ccc(S(=O)(=O)NCCF)cc4)nn3)[C@H]2O)[C@](C)(O)C[C@@H](C)CN(C)[C@H](C)[C@@H](O)[C@]1(C)O. The van der Waals surface area contributed by atoms with Gasteiger partial charge in [0, 0.05) is 63.8 Å². The van der Waals surface area contributed by atoms with Gasteiger partial charge in [0.1, 0.15) is 43.4 Å². The number of aromatic nitrogens is 3. The normalized spacial score (nSPS) is 39.0. The second-order valence-corrected chi connectivity index (χ2v) is 24.2. The first-order chi connectivity index (χ1) is 34.5. The predicted molar refractivity (Wildman–Crippen MR) is 272 cm³/mol. The van der Waals surface area contributed by atoms with Crippen molar-refractivity contribution in [2.45, 2.75) is 203 Å². The summed E-state index contributed by atoms with van der Waals surface area (Å²) in [6.45, 7) is 16.5. The summed E-state index contributed by atoms with van der Waals surface area (Å²) < 4.78 is 87.6. The smallest absolute Gasteiger partial charge is 0.309 e. The minimum atomic E-state index is -3.88. The molecule has 5 rings (SSSR count). The van der Waals surface area contributed by atoms with E-state index in [4.69, 9.17) is 23.7 Å². The Morgan fingerprint density at radius 2 is 1.66 bits per heavy atom. The Hall–Kier alpha value is -2.84. The molecule has 1 unspecified atom stereocenters. The fourth-order valence-corrected chi connectivity index (χ4v) is 12.8. The van der Waals surface area contributed by atoms with Gasteiger partial charge in [0.15, 0.2) is 6.29 Å². The fraction of sp³-hybridized carbons (Fsp3) is 0.827. The topological polar surface area (TPSA) is 248 Å². The van der Waals surface area contributed by atoms with Gasteiger partial charge in [-0.25, -0.2) is 26.6 Å². The van der Waals surface area contributed by atoms with Crippen molar-refractivity contribution in [2.24, 2.45) is 23.7 Å². The van der Waals surface area contributed by atoms with Crippen LogP contribution in [0.5, 0.6) is 0 Å². The Kier molecular flexibility index (Phi) is 21.6. The molecule has 0 amide bonds. The highest BCUT2D eigenvalue weighted by atomic mass is 32.2. The molecule has 6 N–H and O–H groups in total. The molecule has 22 heteroatoms.